The molecule has 1 aromatic carbocycles. The Labute approximate surface area is 113 Å². The van der Waals surface area contributed by atoms with Gasteiger partial charge >= 0.3 is 0 Å². The van der Waals surface area contributed by atoms with E-state index in [4.69, 9.17) is 16.3 Å². The Morgan fingerprint density at radius 2 is 1.83 bits per heavy atom. The van der Waals surface area contributed by atoms with Crippen LogP contribution >= 0.6 is 11.6 Å². The number of carbonyl (C=O) groups excluding carboxylic acids is 1. The molecule has 0 radical (unpaired) electrons. The predicted molar refractivity (Wildman–Crippen MR) is 74.5 cm³/mol. The topological polar surface area (TPSA) is 38.3 Å². The van der Waals surface area contributed by atoms with Crippen LogP contribution < -0.4 is 5.32 Å². The minimum absolute atomic E-state index is 0.0422. The van der Waals surface area contributed by atoms with Gasteiger partial charge in [0.1, 0.15) is 0 Å². The molecule has 0 atom stereocenters. The van der Waals surface area contributed by atoms with Crippen LogP contribution in [-0.4, -0.2) is 31.5 Å². The lowest BCUT2D eigenvalue weighted by molar-refractivity contribution is 0.0922. The number of hydrogen-bond acceptors (Lipinski definition) is 2. The fraction of sp³-hybridized carbons (Fsp3) is 0.500. The number of alkyl halides is 1. The lowest BCUT2D eigenvalue weighted by Gasteiger charge is -2.11. The van der Waals surface area contributed by atoms with E-state index < -0.39 is 0 Å². The highest BCUT2D eigenvalue weighted by atomic mass is 35.5. The van der Waals surface area contributed by atoms with Gasteiger partial charge in [0, 0.05) is 18.0 Å². The third-order valence-electron chi connectivity index (χ3n) is 2.66. The maximum Gasteiger partial charge on any atom is 0.251 e. The van der Waals surface area contributed by atoms with Crippen LogP contribution in [0.4, 0.5) is 0 Å². The zero-order chi connectivity index (χ0) is 13.5. The summed E-state index contributed by atoms with van der Waals surface area (Å²) < 4.78 is 5.20. The number of carbonyl (C=O) groups is 1. The van der Waals surface area contributed by atoms with Gasteiger partial charge in [0.05, 0.1) is 13.2 Å². The molecule has 0 saturated carbocycles. The van der Waals surface area contributed by atoms with Crippen molar-refractivity contribution in [3.05, 3.63) is 34.4 Å². The molecule has 0 aliphatic heterocycles. The number of hydrogen-bond donors (Lipinski definition) is 1. The number of rotatable bonds is 6. The highest BCUT2D eigenvalue weighted by Crippen LogP contribution is 2.15. The van der Waals surface area contributed by atoms with E-state index in [-0.39, 0.29) is 5.91 Å². The maximum absolute atomic E-state index is 12.0. The van der Waals surface area contributed by atoms with E-state index in [1.165, 1.54) is 5.56 Å². The second-order valence-electron chi connectivity index (χ2n) is 4.33. The van der Waals surface area contributed by atoms with E-state index in [0.29, 0.717) is 25.6 Å². The normalized spacial score (nSPS) is 10.4. The van der Waals surface area contributed by atoms with Crippen molar-refractivity contribution >= 4 is 17.5 Å². The fourth-order valence-electron chi connectivity index (χ4n) is 2.02. The average molecular weight is 270 g/mol. The van der Waals surface area contributed by atoms with Gasteiger partial charge in [-0.05, 0) is 31.9 Å². The molecule has 0 aromatic heterocycles. The number of halogens is 1. The van der Waals surface area contributed by atoms with Gasteiger partial charge in [0.25, 0.3) is 5.91 Å². The first-order chi connectivity index (χ1) is 8.56. The van der Waals surface area contributed by atoms with Crippen molar-refractivity contribution in [3.63, 3.8) is 0 Å². The summed E-state index contributed by atoms with van der Waals surface area (Å²) in [6.07, 6.45) is 0. The van der Waals surface area contributed by atoms with Crippen molar-refractivity contribution in [2.75, 3.05) is 25.6 Å². The highest BCUT2D eigenvalue weighted by molar-refractivity contribution is 6.17. The predicted octanol–water partition coefficient (Wildman–Crippen LogP) is 2.60. The van der Waals surface area contributed by atoms with Crippen LogP contribution in [-0.2, 0) is 4.74 Å². The van der Waals surface area contributed by atoms with E-state index in [2.05, 4.69) is 5.32 Å². The molecular weight excluding hydrogens is 250 g/mol. The van der Waals surface area contributed by atoms with Crippen LogP contribution in [0.15, 0.2) is 12.1 Å². The molecule has 100 valence electrons. The molecule has 0 unspecified atom stereocenters. The monoisotopic (exact) mass is 269 g/mol. The molecule has 0 spiro atoms. The van der Waals surface area contributed by atoms with Crippen molar-refractivity contribution in [1.82, 2.24) is 5.32 Å². The SMILES string of the molecule is Cc1cc(C)c(C(=O)NCCOCCCl)c(C)c1. The van der Waals surface area contributed by atoms with Gasteiger partial charge < -0.3 is 10.1 Å². The molecular formula is C14H20ClNO2. The smallest absolute Gasteiger partial charge is 0.251 e. The maximum atomic E-state index is 12.0. The van der Waals surface area contributed by atoms with E-state index in [9.17, 15) is 4.79 Å². The summed E-state index contributed by atoms with van der Waals surface area (Å²) in [5, 5.41) is 2.85. The molecule has 0 fully saturated rings. The van der Waals surface area contributed by atoms with Crippen molar-refractivity contribution in [1.29, 1.82) is 0 Å². The van der Waals surface area contributed by atoms with Crippen LogP contribution in [0.5, 0.6) is 0 Å². The average Bonchev–Trinajstić information content (AvgIpc) is 2.27. The van der Waals surface area contributed by atoms with E-state index in [0.717, 1.165) is 16.7 Å². The summed E-state index contributed by atoms with van der Waals surface area (Å²) in [6.45, 7) is 7.45. The third-order valence-corrected chi connectivity index (χ3v) is 2.81. The van der Waals surface area contributed by atoms with Gasteiger partial charge in [-0.2, -0.15) is 0 Å². The fourth-order valence-corrected chi connectivity index (χ4v) is 2.13. The summed E-state index contributed by atoms with van der Waals surface area (Å²) in [5.41, 5.74) is 3.95. The minimum Gasteiger partial charge on any atom is -0.378 e. The first kappa shape index (κ1) is 15.0. The molecule has 0 heterocycles. The van der Waals surface area contributed by atoms with Crippen LogP contribution in [0, 0.1) is 20.8 Å². The van der Waals surface area contributed by atoms with E-state index in [1.807, 2.05) is 32.9 Å². The molecule has 1 aromatic rings. The Balaban J connectivity index is 2.57. The third kappa shape index (κ3) is 4.31. The summed E-state index contributed by atoms with van der Waals surface area (Å²) in [4.78, 5) is 12.0. The summed E-state index contributed by atoms with van der Waals surface area (Å²) in [7, 11) is 0. The van der Waals surface area contributed by atoms with Gasteiger partial charge in [0.2, 0.25) is 0 Å². The standard InChI is InChI=1S/C14H20ClNO2/c1-10-8-11(2)13(12(3)9-10)14(17)16-5-7-18-6-4-15/h8-9H,4-7H2,1-3H3,(H,16,17). The van der Waals surface area contributed by atoms with Gasteiger partial charge in [0.15, 0.2) is 0 Å². The van der Waals surface area contributed by atoms with E-state index in [1.54, 1.807) is 0 Å². The molecule has 0 aliphatic carbocycles. The zero-order valence-electron chi connectivity index (χ0n) is 11.2. The van der Waals surface area contributed by atoms with Crippen molar-refractivity contribution < 1.29 is 9.53 Å². The zero-order valence-corrected chi connectivity index (χ0v) is 11.9. The van der Waals surface area contributed by atoms with Crippen LogP contribution in [0.3, 0.4) is 0 Å². The summed E-state index contributed by atoms with van der Waals surface area (Å²) in [6, 6.07) is 4.04. The number of ether oxygens (including phenoxy) is 1. The van der Waals surface area contributed by atoms with Crippen molar-refractivity contribution in [2.45, 2.75) is 20.8 Å². The minimum atomic E-state index is -0.0422. The molecule has 1 N–H and O–H groups in total. The Morgan fingerprint density at radius 1 is 1.22 bits per heavy atom. The lowest BCUT2D eigenvalue weighted by atomic mass is 9.99. The van der Waals surface area contributed by atoms with Crippen molar-refractivity contribution in [3.8, 4) is 0 Å². The molecule has 0 aliphatic rings. The molecule has 0 bridgehead atoms. The number of benzene rings is 1. The molecule has 0 saturated heterocycles. The van der Waals surface area contributed by atoms with Crippen LogP contribution in [0.2, 0.25) is 0 Å². The quantitative estimate of drug-likeness (QED) is 0.637. The van der Waals surface area contributed by atoms with Gasteiger partial charge in [-0.15, -0.1) is 11.6 Å². The Bertz CT molecular complexity index is 395. The Kier molecular flexibility index (Phi) is 6.16. The second-order valence-corrected chi connectivity index (χ2v) is 4.71. The van der Waals surface area contributed by atoms with Gasteiger partial charge in [-0.25, -0.2) is 0 Å². The Hall–Kier alpha value is -1.06. The van der Waals surface area contributed by atoms with Crippen LogP contribution in [0.25, 0.3) is 0 Å². The van der Waals surface area contributed by atoms with Gasteiger partial charge in [-0.1, -0.05) is 17.7 Å². The van der Waals surface area contributed by atoms with Crippen LogP contribution in [0.1, 0.15) is 27.0 Å². The van der Waals surface area contributed by atoms with Crippen molar-refractivity contribution in [2.24, 2.45) is 0 Å². The summed E-state index contributed by atoms with van der Waals surface area (Å²) in [5.74, 6) is 0.434. The first-order valence-electron chi connectivity index (χ1n) is 6.06. The first-order valence-corrected chi connectivity index (χ1v) is 6.59. The molecule has 1 rings (SSSR count). The van der Waals surface area contributed by atoms with E-state index >= 15 is 0 Å². The van der Waals surface area contributed by atoms with Gasteiger partial charge in [-0.3, -0.25) is 4.79 Å². The summed E-state index contributed by atoms with van der Waals surface area (Å²) >= 11 is 5.48. The number of amides is 1. The number of nitrogens with one attached hydrogen (secondary N) is 1. The Morgan fingerprint density at radius 3 is 2.39 bits per heavy atom. The molecule has 18 heavy (non-hydrogen) atoms. The number of aryl methyl sites for hydroxylation is 3. The second kappa shape index (κ2) is 7.39. The molecule has 4 heteroatoms. The lowest BCUT2D eigenvalue weighted by Crippen LogP contribution is -2.28. The largest absolute Gasteiger partial charge is 0.378 e. The molecule has 3 nitrogen and oxygen atoms in total. The highest BCUT2D eigenvalue weighted by Gasteiger charge is 2.11. The molecule has 1 amide bonds.